The topological polar surface area (TPSA) is 72.4 Å². The SMILES string of the molecule is COCCCN1CCOc2ccc(COC3CNCC(O)C3c3ccc(Oc4ccc(C(C)C)cc4)cc3)cc21. The van der Waals surface area contributed by atoms with Gasteiger partial charge in [-0.05, 0) is 65.4 Å². The van der Waals surface area contributed by atoms with Crippen molar-refractivity contribution < 1.29 is 24.1 Å². The minimum absolute atomic E-state index is 0.132. The third kappa shape index (κ3) is 6.96. The van der Waals surface area contributed by atoms with Gasteiger partial charge in [0.25, 0.3) is 0 Å². The summed E-state index contributed by atoms with van der Waals surface area (Å²) in [6.07, 6.45) is 0.268. The van der Waals surface area contributed by atoms with E-state index in [4.69, 9.17) is 18.9 Å². The van der Waals surface area contributed by atoms with E-state index in [1.165, 1.54) is 5.56 Å². The lowest BCUT2D eigenvalue weighted by atomic mass is 9.85. The van der Waals surface area contributed by atoms with E-state index in [1.807, 2.05) is 42.5 Å². The van der Waals surface area contributed by atoms with Crippen LogP contribution in [0.25, 0.3) is 0 Å². The molecule has 0 radical (unpaired) electrons. The second-order valence-corrected chi connectivity index (χ2v) is 11.0. The summed E-state index contributed by atoms with van der Waals surface area (Å²) in [6, 6.07) is 22.5. The molecule has 0 spiro atoms. The first-order valence-electron chi connectivity index (χ1n) is 14.4. The molecule has 7 nitrogen and oxygen atoms in total. The van der Waals surface area contributed by atoms with Gasteiger partial charge in [0.2, 0.25) is 0 Å². The highest BCUT2D eigenvalue weighted by Gasteiger charge is 2.34. The summed E-state index contributed by atoms with van der Waals surface area (Å²) >= 11 is 0. The van der Waals surface area contributed by atoms with Crippen LogP contribution in [0.3, 0.4) is 0 Å². The Morgan fingerprint density at radius 3 is 2.48 bits per heavy atom. The molecule has 2 aliphatic rings. The first kappa shape index (κ1) is 28.4. The van der Waals surface area contributed by atoms with Gasteiger partial charge in [0.15, 0.2) is 0 Å². The molecule has 7 heteroatoms. The molecule has 1 saturated heterocycles. The molecule has 3 unspecified atom stereocenters. The normalized spacial score (nSPS) is 20.7. The van der Waals surface area contributed by atoms with Crippen molar-refractivity contribution in [3.8, 4) is 17.2 Å². The van der Waals surface area contributed by atoms with Crippen molar-refractivity contribution in [3.63, 3.8) is 0 Å². The standard InChI is InChI=1S/C33H42N2O5/c1-23(2)25-6-10-27(11-7-25)40-28-12-8-26(9-13-28)33-30(36)20-34-21-32(33)39-22-24-5-14-31-29(19-24)35(16-18-38-31)15-4-17-37-3/h5-14,19,23,30,32-34,36H,4,15-18,20-22H2,1-3H3. The Morgan fingerprint density at radius 1 is 1.00 bits per heavy atom. The number of nitrogens with zero attached hydrogens (tertiary/aromatic N) is 1. The molecule has 2 N–H and O–H groups in total. The first-order valence-corrected chi connectivity index (χ1v) is 14.4. The van der Waals surface area contributed by atoms with E-state index in [2.05, 4.69) is 48.3 Å². The summed E-state index contributed by atoms with van der Waals surface area (Å²) in [4.78, 5) is 2.36. The summed E-state index contributed by atoms with van der Waals surface area (Å²) in [5.41, 5.74) is 4.53. The maximum Gasteiger partial charge on any atom is 0.142 e. The van der Waals surface area contributed by atoms with Gasteiger partial charge in [0.05, 0.1) is 31.0 Å². The molecule has 2 heterocycles. The summed E-state index contributed by atoms with van der Waals surface area (Å²) < 4.78 is 23.7. The lowest BCUT2D eigenvalue weighted by Gasteiger charge is -2.36. The van der Waals surface area contributed by atoms with Crippen molar-refractivity contribution in [3.05, 3.63) is 83.4 Å². The molecule has 214 valence electrons. The zero-order valence-electron chi connectivity index (χ0n) is 23.8. The molecule has 0 aliphatic carbocycles. The van der Waals surface area contributed by atoms with Gasteiger partial charge in [-0.2, -0.15) is 0 Å². The number of β-amino-alcohol motifs (C(OH)–C–C–N with tert-alkyl or cyclic N) is 1. The molecular weight excluding hydrogens is 504 g/mol. The molecule has 3 atom stereocenters. The van der Waals surface area contributed by atoms with E-state index in [9.17, 15) is 5.11 Å². The van der Waals surface area contributed by atoms with Crippen LogP contribution in [0.1, 0.15) is 48.8 Å². The number of fused-ring (bicyclic) bond motifs is 1. The van der Waals surface area contributed by atoms with E-state index < -0.39 is 6.10 Å². The Labute approximate surface area is 238 Å². The fourth-order valence-corrected chi connectivity index (χ4v) is 5.53. The van der Waals surface area contributed by atoms with E-state index in [0.29, 0.717) is 32.2 Å². The fraction of sp³-hybridized carbons (Fsp3) is 0.455. The van der Waals surface area contributed by atoms with Crippen LogP contribution in [0.5, 0.6) is 17.2 Å². The van der Waals surface area contributed by atoms with E-state index in [-0.39, 0.29) is 12.0 Å². The van der Waals surface area contributed by atoms with E-state index in [1.54, 1.807) is 7.11 Å². The molecule has 1 fully saturated rings. The molecule has 3 aromatic carbocycles. The third-order valence-corrected chi connectivity index (χ3v) is 7.78. The van der Waals surface area contributed by atoms with Crippen LogP contribution in [0.15, 0.2) is 66.7 Å². The Bertz CT molecular complexity index is 1210. The van der Waals surface area contributed by atoms with Gasteiger partial charge in [0, 0.05) is 39.3 Å². The lowest BCUT2D eigenvalue weighted by Crippen LogP contribution is -2.49. The lowest BCUT2D eigenvalue weighted by molar-refractivity contribution is -0.0328. The number of hydrogen-bond donors (Lipinski definition) is 2. The molecule has 3 aromatic rings. The van der Waals surface area contributed by atoms with Gasteiger partial charge < -0.3 is 34.3 Å². The number of aliphatic hydroxyl groups excluding tert-OH is 1. The maximum atomic E-state index is 11.0. The molecule has 5 rings (SSSR count). The second-order valence-electron chi connectivity index (χ2n) is 11.0. The van der Waals surface area contributed by atoms with E-state index in [0.717, 1.165) is 60.2 Å². The number of ether oxygens (including phenoxy) is 4. The van der Waals surface area contributed by atoms with E-state index >= 15 is 0 Å². The zero-order chi connectivity index (χ0) is 27.9. The summed E-state index contributed by atoms with van der Waals surface area (Å²) in [6.45, 7) is 9.27. The first-order chi connectivity index (χ1) is 19.5. The number of hydrogen-bond acceptors (Lipinski definition) is 7. The average Bonchev–Trinajstić information content (AvgIpc) is 2.97. The maximum absolute atomic E-state index is 11.0. The molecule has 40 heavy (non-hydrogen) atoms. The third-order valence-electron chi connectivity index (χ3n) is 7.78. The predicted molar refractivity (Wildman–Crippen MR) is 158 cm³/mol. The van der Waals surface area contributed by atoms with Crippen LogP contribution >= 0.6 is 0 Å². The second kappa shape index (κ2) is 13.5. The van der Waals surface area contributed by atoms with Gasteiger partial charge >= 0.3 is 0 Å². The van der Waals surface area contributed by atoms with Crippen molar-refractivity contribution in [1.29, 1.82) is 0 Å². The van der Waals surface area contributed by atoms with Crippen LogP contribution in [-0.4, -0.2) is 63.8 Å². The molecular formula is C33H42N2O5. The number of rotatable bonds is 11. The Morgan fingerprint density at radius 2 is 1.75 bits per heavy atom. The minimum Gasteiger partial charge on any atom is -0.490 e. The van der Waals surface area contributed by atoms with Crippen molar-refractivity contribution >= 4 is 5.69 Å². The average molecular weight is 547 g/mol. The number of aliphatic hydroxyl groups is 1. The predicted octanol–water partition coefficient (Wildman–Crippen LogP) is 5.47. The molecule has 2 aliphatic heterocycles. The minimum atomic E-state index is -0.540. The quantitative estimate of drug-likeness (QED) is 0.309. The van der Waals surface area contributed by atoms with Crippen LogP contribution in [-0.2, 0) is 16.1 Å². The van der Waals surface area contributed by atoms with Gasteiger partial charge in [-0.3, -0.25) is 0 Å². The fourth-order valence-electron chi connectivity index (χ4n) is 5.53. The summed E-state index contributed by atoms with van der Waals surface area (Å²) in [5.74, 6) is 2.86. The molecule has 0 saturated carbocycles. The summed E-state index contributed by atoms with van der Waals surface area (Å²) in [7, 11) is 1.74. The Kier molecular flexibility index (Phi) is 9.60. The Balaban J connectivity index is 1.24. The van der Waals surface area contributed by atoms with Crippen molar-refractivity contribution in [2.75, 3.05) is 51.4 Å². The smallest absolute Gasteiger partial charge is 0.142 e. The van der Waals surface area contributed by atoms with Crippen molar-refractivity contribution in [1.82, 2.24) is 5.32 Å². The summed E-state index contributed by atoms with van der Waals surface area (Å²) in [5, 5.41) is 14.3. The van der Waals surface area contributed by atoms with Gasteiger partial charge in [-0.15, -0.1) is 0 Å². The molecule has 0 aromatic heterocycles. The van der Waals surface area contributed by atoms with Crippen LogP contribution in [0, 0.1) is 0 Å². The largest absolute Gasteiger partial charge is 0.490 e. The zero-order valence-corrected chi connectivity index (χ0v) is 23.8. The van der Waals surface area contributed by atoms with Gasteiger partial charge in [0.1, 0.15) is 23.9 Å². The number of piperidine rings is 1. The Hall–Kier alpha value is -3.10. The van der Waals surface area contributed by atoms with Crippen LogP contribution in [0.4, 0.5) is 5.69 Å². The number of anilines is 1. The van der Waals surface area contributed by atoms with Crippen LogP contribution < -0.4 is 19.7 Å². The van der Waals surface area contributed by atoms with Crippen molar-refractivity contribution in [2.24, 2.45) is 0 Å². The van der Waals surface area contributed by atoms with Crippen LogP contribution in [0.2, 0.25) is 0 Å². The van der Waals surface area contributed by atoms with Gasteiger partial charge in [-0.1, -0.05) is 44.2 Å². The highest BCUT2D eigenvalue weighted by atomic mass is 16.5. The number of nitrogens with one attached hydrogen (secondary N) is 1. The monoisotopic (exact) mass is 546 g/mol. The molecule has 0 bridgehead atoms. The number of benzene rings is 3. The highest BCUT2D eigenvalue weighted by Crippen LogP contribution is 2.35. The van der Waals surface area contributed by atoms with Crippen molar-refractivity contribution in [2.45, 2.75) is 50.9 Å². The molecule has 0 amide bonds. The number of methoxy groups -OCH3 is 1. The van der Waals surface area contributed by atoms with Gasteiger partial charge in [-0.25, -0.2) is 0 Å². The highest BCUT2D eigenvalue weighted by molar-refractivity contribution is 5.61.